The number of hydrogen-bond acceptors (Lipinski definition) is 6. The second-order valence-corrected chi connectivity index (χ2v) is 5.94. The molecule has 3 aromatic rings. The predicted octanol–water partition coefficient (Wildman–Crippen LogP) is 2.75. The lowest BCUT2D eigenvalue weighted by atomic mass is 10.1. The number of amides is 1. The Hall–Kier alpha value is -3.35. The number of rotatable bonds is 5. The molecule has 4 rings (SSSR count). The number of benzene rings is 2. The van der Waals surface area contributed by atoms with Crippen LogP contribution in [0.4, 0.5) is 0 Å². The van der Waals surface area contributed by atoms with Crippen LogP contribution < -0.4 is 14.8 Å². The van der Waals surface area contributed by atoms with Crippen LogP contribution in [0.15, 0.2) is 46.9 Å². The van der Waals surface area contributed by atoms with Crippen LogP contribution in [0.2, 0.25) is 0 Å². The van der Waals surface area contributed by atoms with Gasteiger partial charge in [0.2, 0.25) is 18.6 Å². The van der Waals surface area contributed by atoms with Crippen molar-refractivity contribution in [2.75, 3.05) is 13.3 Å². The largest absolute Gasteiger partial charge is 0.454 e. The van der Waals surface area contributed by atoms with Gasteiger partial charge in [-0.25, -0.2) is 0 Å². The van der Waals surface area contributed by atoms with Crippen LogP contribution in [0.5, 0.6) is 11.5 Å². The van der Waals surface area contributed by atoms with Gasteiger partial charge in [0.05, 0.1) is 0 Å². The summed E-state index contributed by atoms with van der Waals surface area (Å²) < 4.78 is 16.2. The molecule has 7 nitrogen and oxygen atoms in total. The van der Waals surface area contributed by atoms with Crippen molar-refractivity contribution < 1.29 is 18.7 Å². The van der Waals surface area contributed by atoms with Crippen molar-refractivity contribution >= 4 is 5.91 Å². The molecule has 0 unspecified atom stereocenters. The maximum atomic E-state index is 12.2. The third-order valence-corrected chi connectivity index (χ3v) is 3.99. The van der Waals surface area contributed by atoms with Crippen molar-refractivity contribution in [2.45, 2.75) is 13.3 Å². The van der Waals surface area contributed by atoms with Crippen LogP contribution in [0.1, 0.15) is 21.8 Å². The second-order valence-electron chi connectivity index (χ2n) is 5.94. The minimum atomic E-state index is -0.193. The molecule has 0 saturated carbocycles. The van der Waals surface area contributed by atoms with Gasteiger partial charge >= 0.3 is 0 Å². The standard InChI is InChI=1S/C19H17N3O4/c1-12-3-2-4-14(9-12)19-22-21-17(26-19)7-8-20-18(23)13-5-6-15-16(10-13)25-11-24-15/h2-6,9-10H,7-8,11H2,1H3,(H,20,23). The lowest BCUT2D eigenvalue weighted by Gasteiger charge is -2.04. The van der Waals surface area contributed by atoms with Crippen molar-refractivity contribution in [1.82, 2.24) is 15.5 Å². The molecule has 0 saturated heterocycles. The number of aryl methyl sites for hydroxylation is 1. The van der Waals surface area contributed by atoms with Crippen LogP contribution in [0.3, 0.4) is 0 Å². The number of aromatic nitrogens is 2. The fourth-order valence-corrected chi connectivity index (χ4v) is 2.67. The van der Waals surface area contributed by atoms with Crippen LogP contribution in [0, 0.1) is 6.92 Å². The van der Waals surface area contributed by atoms with E-state index >= 15 is 0 Å². The quantitative estimate of drug-likeness (QED) is 0.761. The Labute approximate surface area is 150 Å². The summed E-state index contributed by atoms with van der Waals surface area (Å²) in [4.78, 5) is 12.2. The number of hydrogen-bond donors (Lipinski definition) is 1. The SMILES string of the molecule is Cc1cccc(-c2nnc(CCNC(=O)c3ccc4c(c3)OCO4)o2)c1. The number of nitrogens with zero attached hydrogens (tertiary/aromatic N) is 2. The number of carbonyl (C=O) groups is 1. The number of fused-ring (bicyclic) bond motifs is 1. The average Bonchev–Trinajstić information content (AvgIpc) is 3.30. The fourth-order valence-electron chi connectivity index (χ4n) is 2.67. The summed E-state index contributed by atoms with van der Waals surface area (Å²) in [5.41, 5.74) is 2.52. The van der Waals surface area contributed by atoms with Gasteiger partial charge in [0.15, 0.2) is 11.5 Å². The van der Waals surface area contributed by atoms with Gasteiger partial charge in [0.25, 0.3) is 5.91 Å². The van der Waals surface area contributed by atoms with E-state index in [4.69, 9.17) is 13.9 Å². The molecule has 0 spiro atoms. The molecule has 1 aliphatic heterocycles. The van der Waals surface area contributed by atoms with Gasteiger partial charge in [-0.1, -0.05) is 17.7 Å². The van der Waals surface area contributed by atoms with Crippen molar-refractivity contribution in [2.24, 2.45) is 0 Å². The summed E-state index contributed by atoms with van der Waals surface area (Å²) in [7, 11) is 0. The minimum Gasteiger partial charge on any atom is -0.454 e. The van der Waals surface area contributed by atoms with E-state index < -0.39 is 0 Å². The zero-order valence-electron chi connectivity index (χ0n) is 14.2. The fraction of sp³-hybridized carbons (Fsp3) is 0.211. The van der Waals surface area contributed by atoms with Gasteiger partial charge in [-0.3, -0.25) is 4.79 Å². The zero-order chi connectivity index (χ0) is 17.9. The molecule has 1 aliphatic rings. The Morgan fingerprint density at radius 1 is 1.12 bits per heavy atom. The summed E-state index contributed by atoms with van der Waals surface area (Å²) in [6.45, 7) is 2.58. The predicted molar refractivity (Wildman–Crippen MR) is 93.1 cm³/mol. The van der Waals surface area contributed by atoms with Crippen molar-refractivity contribution in [3.8, 4) is 23.0 Å². The van der Waals surface area contributed by atoms with Crippen molar-refractivity contribution in [1.29, 1.82) is 0 Å². The number of carbonyl (C=O) groups excluding carboxylic acids is 1. The molecule has 7 heteroatoms. The molecule has 1 N–H and O–H groups in total. The maximum absolute atomic E-state index is 12.2. The van der Waals surface area contributed by atoms with Crippen molar-refractivity contribution in [3.05, 3.63) is 59.5 Å². The molecule has 1 aromatic heterocycles. The first kappa shape index (κ1) is 16.1. The highest BCUT2D eigenvalue weighted by molar-refractivity contribution is 5.94. The molecule has 0 bridgehead atoms. The van der Waals surface area contributed by atoms with Gasteiger partial charge in [0, 0.05) is 24.1 Å². The normalized spacial score (nSPS) is 12.2. The van der Waals surface area contributed by atoms with Gasteiger partial charge in [-0.2, -0.15) is 0 Å². The summed E-state index contributed by atoms with van der Waals surface area (Å²) in [6, 6.07) is 13.0. The van der Waals surface area contributed by atoms with E-state index in [1.807, 2.05) is 31.2 Å². The first-order chi connectivity index (χ1) is 12.7. The maximum Gasteiger partial charge on any atom is 0.251 e. The Kier molecular flexibility index (Phi) is 4.27. The van der Waals surface area contributed by atoms with E-state index in [0.29, 0.717) is 41.8 Å². The molecule has 2 heterocycles. The number of nitrogens with one attached hydrogen (secondary N) is 1. The molecule has 26 heavy (non-hydrogen) atoms. The molecular weight excluding hydrogens is 334 g/mol. The summed E-state index contributed by atoms with van der Waals surface area (Å²) in [6.07, 6.45) is 0.453. The van der Waals surface area contributed by atoms with E-state index in [2.05, 4.69) is 15.5 Å². The highest BCUT2D eigenvalue weighted by atomic mass is 16.7. The highest BCUT2D eigenvalue weighted by Crippen LogP contribution is 2.32. The smallest absolute Gasteiger partial charge is 0.251 e. The first-order valence-corrected chi connectivity index (χ1v) is 8.26. The minimum absolute atomic E-state index is 0.181. The van der Waals surface area contributed by atoms with Gasteiger partial charge < -0.3 is 19.2 Å². The molecule has 1 amide bonds. The van der Waals surface area contributed by atoms with Gasteiger partial charge in [-0.05, 0) is 37.3 Å². The molecule has 0 aliphatic carbocycles. The Balaban J connectivity index is 1.34. The van der Waals surface area contributed by atoms with Gasteiger partial charge in [-0.15, -0.1) is 10.2 Å². The van der Waals surface area contributed by atoms with Gasteiger partial charge in [0.1, 0.15) is 0 Å². The monoisotopic (exact) mass is 351 g/mol. The lowest BCUT2D eigenvalue weighted by molar-refractivity contribution is 0.0953. The van der Waals surface area contributed by atoms with Crippen LogP contribution in [0.25, 0.3) is 11.5 Å². The second kappa shape index (κ2) is 6.87. The molecule has 0 radical (unpaired) electrons. The van der Waals surface area contributed by atoms with Crippen LogP contribution in [-0.4, -0.2) is 29.4 Å². The average molecular weight is 351 g/mol. The van der Waals surface area contributed by atoms with E-state index in [-0.39, 0.29) is 12.7 Å². The first-order valence-electron chi connectivity index (χ1n) is 8.26. The Bertz CT molecular complexity index is 951. The summed E-state index contributed by atoms with van der Waals surface area (Å²) >= 11 is 0. The van der Waals surface area contributed by atoms with E-state index in [1.54, 1.807) is 18.2 Å². The Morgan fingerprint density at radius 3 is 2.88 bits per heavy atom. The third kappa shape index (κ3) is 3.37. The molecule has 0 atom stereocenters. The van der Waals surface area contributed by atoms with Crippen LogP contribution in [-0.2, 0) is 6.42 Å². The Morgan fingerprint density at radius 2 is 2.00 bits per heavy atom. The van der Waals surface area contributed by atoms with Crippen LogP contribution >= 0.6 is 0 Å². The summed E-state index contributed by atoms with van der Waals surface area (Å²) in [5.74, 6) is 1.99. The molecule has 2 aromatic carbocycles. The number of ether oxygens (including phenoxy) is 2. The molecule has 132 valence electrons. The topological polar surface area (TPSA) is 86.5 Å². The van der Waals surface area contributed by atoms with E-state index in [9.17, 15) is 4.79 Å². The highest BCUT2D eigenvalue weighted by Gasteiger charge is 2.16. The third-order valence-electron chi connectivity index (χ3n) is 3.99. The summed E-state index contributed by atoms with van der Waals surface area (Å²) in [5, 5.41) is 10.9. The van der Waals surface area contributed by atoms with Crippen molar-refractivity contribution in [3.63, 3.8) is 0 Å². The molecular formula is C19H17N3O4. The van der Waals surface area contributed by atoms with E-state index in [1.165, 1.54) is 0 Å². The van der Waals surface area contributed by atoms with E-state index in [0.717, 1.165) is 11.1 Å². The molecule has 0 fully saturated rings. The zero-order valence-corrected chi connectivity index (χ0v) is 14.2. The lowest BCUT2D eigenvalue weighted by Crippen LogP contribution is -2.25.